The van der Waals surface area contributed by atoms with Crippen LogP contribution >= 0.6 is 11.6 Å². The molecule has 2 atom stereocenters. The Kier molecular flexibility index (Phi) is 6.05. The summed E-state index contributed by atoms with van der Waals surface area (Å²) in [6, 6.07) is 18.0. The number of rotatable bonds is 5. The monoisotopic (exact) mass is 505 g/mol. The van der Waals surface area contributed by atoms with E-state index in [1.165, 1.54) is 4.90 Å². The van der Waals surface area contributed by atoms with Crippen molar-refractivity contribution in [3.63, 3.8) is 0 Å². The molecule has 2 aliphatic heterocycles. The van der Waals surface area contributed by atoms with Crippen LogP contribution in [0, 0.1) is 0 Å². The van der Waals surface area contributed by atoms with E-state index >= 15 is 0 Å². The Bertz CT molecular complexity index is 1360. The molecule has 0 aromatic heterocycles. The molecule has 3 aromatic carbocycles. The zero-order valence-electron chi connectivity index (χ0n) is 19.7. The fraction of sp³-hybridized carbons (Fsp3) is 0.222. The lowest BCUT2D eigenvalue weighted by Gasteiger charge is -2.50. The summed E-state index contributed by atoms with van der Waals surface area (Å²) in [5.74, 6) is -0.122. The van der Waals surface area contributed by atoms with E-state index in [2.05, 4.69) is 10.6 Å². The molecule has 1 fully saturated rings. The summed E-state index contributed by atoms with van der Waals surface area (Å²) >= 11 is 6.15. The van der Waals surface area contributed by atoms with Gasteiger partial charge in [0.05, 0.1) is 23.9 Å². The molecule has 2 aliphatic rings. The van der Waals surface area contributed by atoms with Crippen LogP contribution in [0.15, 0.2) is 66.7 Å². The number of hydrogen-bond donors (Lipinski definition) is 2. The van der Waals surface area contributed by atoms with Gasteiger partial charge in [0, 0.05) is 28.3 Å². The van der Waals surface area contributed by atoms with Crippen molar-refractivity contribution >= 4 is 40.9 Å². The SMILES string of the molecule is CCOC(=O)c1ccc(NC(=O)c2cccc(N3C(=O)NC4CC3(C)Oc3ccc(Cl)cc34)c2)cc1. The molecule has 0 radical (unpaired) electrons. The van der Waals surface area contributed by atoms with Crippen molar-refractivity contribution in [1.82, 2.24) is 5.32 Å². The largest absolute Gasteiger partial charge is 0.467 e. The van der Waals surface area contributed by atoms with Crippen LogP contribution in [-0.2, 0) is 4.74 Å². The molecule has 2 bridgehead atoms. The van der Waals surface area contributed by atoms with Crippen LogP contribution in [0.3, 0.4) is 0 Å². The van der Waals surface area contributed by atoms with Crippen LogP contribution in [0.5, 0.6) is 5.75 Å². The summed E-state index contributed by atoms with van der Waals surface area (Å²) in [5.41, 5.74) is 1.70. The topological polar surface area (TPSA) is 97.0 Å². The number of ether oxygens (including phenoxy) is 2. The zero-order valence-corrected chi connectivity index (χ0v) is 20.5. The molecule has 36 heavy (non-hydrogen) atoms. The first-order chi connectivity index (χ1) is 17.3. The van der Waals surface area contributed by atoms with Crippen LogP contribution in [0.25, 0.3) is 0 Å². The lowest BCUT2D eigenvalue weighted by Crippen LogP contribution is -2.65. The molecule has 0 aliphatic carbocycles. The summed E-state index contributed by atoms with van der Waals surface area (Å²) in [6.07, 6.45) is 0.509. The third kappa shape index (κ3) is 4.35. The molecule has 184 valence electrons. The number of nitrogens with one attached hydrogen (secondary N) is 2. The Morgan fingerprint density at radius 1 is 1.14 bits per heavy atom. The molecular formula is C27H24ClN3O5. The summed E-state index contributed by atoms with van der Waals surface area (Å²) in [5, 5.41) is 6.42. The summed E-state index contributed by atoms with van der Waals surface area (Å²) in [4.78, 5) is 39.5. The normalized spacial score (nSPS) is 20.0. The maximum atomic E-state index is 13.2. The number of esters is 1. The van der Waals surface area contributed by atoms with Gasteiger partial charge in [-0.05, 0) is 74.5 Å². The second kappa shape index (κ2) is 9.20. The molecular weight excluding hydrogens is 482 g/mol. The smallest absolute Gasteiger partial charge is 0.338 e. The van der Waals surface area contributed by atoms with Crippen LogP contribution < -0.4 is 20.3 Å². The number of carbonyl (C=O) groups is 3. The van der Waals surface area contributed by atoms with Gasteiger partial charge in [-0.1, -0.05) is 17.7 Å². The molecule has 8 nitrogen and oxygen atoms in total. The van der Waals surface area contributed by atoms with Gasteiger partial charge in [0.15, 0.2) is 5.72 Å². The second-order valence-corrected chi connectivity index (χ2v) is 9.24. The Morgan fingerprint density at radius 3 is 2.67 bits per heavy atom. The number of hydrogen-bond acceptors (Lipinski definition) is 5. The Morgan fingerprint density at radius 2 is 1.92 bits per heavy atom. The van der Waals surface area contributed by atoms with Gasteiger partial charge in [-0.25, -0.2) is 9.59 Å². The summed E-state index contributed by atoms with van der Waals surface area (Å²) < 4.78 is 11.3. The highest BCUT2D eigenvalue weighted by Crippen LogP contribution is 2.46. The standard InChI is InChI=1S/C27H24ClN3O5/c1-3-35-25(33)16-7-10-19(11-8-16)29-24(32)17-5-4-6-20(13-17)31-26(34)30-22-15-27(31,2)36-23-12-9-18(28)14-21(22)23/h4-14,22H,3,15H2,1-2H3,(H,29,32)(H,30,34). The van der Waals surface area contributed by atoms with E-state index in [4.69, 9.17) is 21.1 Å². The van der Waals surface area contributed by atoms with Crippen LogP contribution in [0.4, 0.5) is 16.2 Å². The number of fused-ring (bicyclic) bond motifs is 4. The molecule has 2 heterocycles. The fourth-order valence-corrected chi connectivity index (χ4v) is 4.81. The van der Waals surface area contributed by atoms with E-state index in [0.29, 0.717) is 39.7 Å². The Hall–Kier alpha value is -4.04. The first-order valence-electron chi connectivity index (χ1n) is 11.6. The number of benzene rings is 3. The van der Waals surface area contributed by atoms with E-state index < -0.39 is 11.7 Å². The van der Waals surface area contributed by atoms with Gasteiger partial charge in [-0.3, -0.25) is 9.69 Å². The minimum absolute atomic E-state index is 0.231. The number of anilines is 2. The molecule has 1 saturated heterocycles. The van der Waals surface area contributed by atoms with E-state index in [1.54, 1.807) is 73.7 Å². The van der Waals surface area contributed by atoms with Gasteiger partial charge in [-0.2, -0.15) is 0 Å². The highest BCUT2D eigenvalue weighted by atomic mass is 35.5. The van der Waals surface area contributed by atoms with E-state index in [0.717, 1.165) is 5.56 Å². The highest BCUT2D eigenvalue weighted by Gasteiger charge is 2.50. The van der Waals surface area contributed by atoms with Crippen molar-refractivity contribution in [1.29, 1.82) is 0 Å². The molecule has 5 rings (SSSR count). The van der Waals surface area contributed by atoms with Gasteiger partial charge in [0.1, 0.15) is 5.75 Å². The van der Waals surface area contributed by atoms with Crippen molar-refractivity contribution in [2.45, 2.75) is 32.0 Å². The minimum Gasteiger partial charge on any atom is -0.467 e. The van der Waals surface area contributed by atoms with Crippen molar-refractivity contribution in [2.75, 3.05) is 16.8 Å². The number of amides is 3. The number of nitrogens with zero attached hydrogens (tertiary/aromatic N) is 1. The molecule has 3 aromatic rings. The maximum Gasteiger partial charge on any atom is 0.338 e. The molecule has 9 heteroatoms. The average molecular weight is 506 g/mol. The molecule has 2 N–H and O–H groups in total. The molecule has 0 saturated carbocycles. The van der Waals surface area contributed by atoms with Crippen molar-refractivity contribution in [3.8, 4) is 5.75 Å². The third-order valence-electron chi connectivity index (χ3n) is 6.25. The lowest BCUT2D eigenvalue weighted by atomic mass is 9.90. The van der Waals surface area contributed by atoms with Crippen molar-refractivity contribution < 1.29 is 23.9 Å². The van der Waals surface area contributed by atoms with Gasteiger partial charge in [-0.15, -0.1) is 0 Å². The predicted octanol–water partition coefficient (Wildman–Crippen LogP) is 5.54. The minimum atomic E-state index is -0.953. The van der Waals surface area contributed by atoms with Crippen LogP contribution in [-0.4, -0.2) is 30.2 Å². The van der Waals surface area contributed by atoms with Crippen LogP contribution in [0.2, 0.25) is 5.02 Å². The molecule has 0 spiro atoms. The quantitative estimate of drug-likeness (QED) is 0.444. The van der Waals surface area contributed by atoms with E-state index in [9.17, 15) is 14.4 Å². The average Bonchev–Trinajstić information content (AvgIpc) is 2.85. The fourth-order valence-electron chi connectivity index (χ4n) is 4.63. The van der Waals surface area contributed by atoms with Crippen molar-refractivity contribution in [3.05, 3.63) is 88.4 Å². The Labute approximate surface area is 213 Å². The second-order valence-electron chi connectivity index (χ2n) is 8.80. The third-order valence-corrected chi connectivity index (χ3v) is 6.49. The predicted molar refractivity (Wildman–Crippen MR) is 136 cm³/mol. The van der Waals surface area contributed by atoms with Gasteiger partial charge in [0.25, 0.3) is 5.91 Å². The van der Waals surface area contributed by atoms with Crippen LogP contribution in [0.1, 0.15) is 52.6 Å². The first-order valence-corrected chi connectivity index (χ1v) is 11.9. The lowest BCUT2D eigenvalue weighted by molar-refractivity contribution is 0.0378. The maximum absolute atomic E-state index is 13.2. The number of carbonyl (C=O) groups excluding carboxylic acids is 3. The molecule has 3 amide bonds. The van der Waals surface area contributed by atoms with Gasteiger partial charge < -0.3 is 20.1 Å². The number of halogens is 1. The van der Waals surface area contributed by atoms with Gasteiger partial charge in [0.2, 0.25) is 0 Å². The van der Waals surface area contributed by atoms with Crippen molar-refractivity contribution in [2.24, 2.45) is 0 Å². The summed E-state index contributed by atoms with van der Waals surface area (Å²) in [7, 11) is 0. The highest BCUT2D eigenvalue weighted by molar-refractivity contribution is 6.30. The molecule has 2 unspecified atom stereocenters. The van der Waals surface area contributed by atoms with Gasteiger partial charge >= 0.3 is 12.0 Å². The Balaban J connectivity index is 1.37. The number of urea groups is 1. The van der Waals surface area contributed by atoms with E-state index in [1.807, 2.05) is 6.92 Å². The van der Waals surface area contributed by atoms with E-state index in [-0.39, 0.29) is 24.6 Å². The first kappa shape index (κ1) is 23.7. The zero-order chi connectivity index (χ0) is 25.4. The summed E-state index contributed by atoms with van der Waals surface area (Å²) in [6.45, 7) is 3.88.